The summed E-state index contributed by atoms with van der Waals surface area (Å²) in [5.74, 6) is -1.30. The fraction of sp³-hybridized carbons (Fsp3) is 0.280. The van der Waals surface area contributed by atoms with Crippen molar-refractivity contribution in [1.82, 2.24) is 19.8 Å². The Morgan fingerprint density at radius 3 is 2.59 bits per heavy atom. The van der Waals surface area contributed by atoms with Gasteiger partial charge in [-0.25, -0.2) is 4.79 Å². The normalized spacial score (nSPS) is 17.5. The van der Waals surface area contributed by atoms with Crippen LogP contribution in [0.2, 0.25) is 0 Å². The zero-order valence-electron chi connectivity index (χ0n) is 19.2. The van der Waals surface area contributed by atoms with Crippen LogP contribution in [0.3, 0.4) is 0 Å². The van der Waals surface area contributed by atoms with Crippen LogP contribution in [0.1, 0.15) is 51.5 Å². The SMILES string of the molecule is COC(=O)CCN1C(=S)N[C@@H](c2ccccn2)[C@@H]1c1cc(C)n(-c2ccccc2C(=O)O)c1C. The Labute approximate surface area is 203 Å². The number of nitrogens with one attached hydrogen (secondary N) is 1. The van der Waals surface area contributed by atoms with Crippen molar-refractivity contribution in [3.8, 4) is 5.69 Å². The van der Waals surface area contributed by atoms with E-state index >= 15 is 0 Å². The number of rotatable bonds is 7. The van der Waals surface area contributed by atoms with Crippen LogP contribution in [0.5, 0.6) is 0 Å². The van der Waals surface area contributed by atoms with E-state index in [2.05, 4.69) is 16.4 Å². The summed E-state index contributed by atoms with van der Waals surface area (Å²) in [5, 5.41) is 13.6. The third-order valence-electron chi connectivity index (χ3n) is 6.15. The first-order valence-electron chi connectivity index (χ1n) is 10.9. The van der Waals surface area contributed by atoms with Gasteiger partial charge in [-0.2, -0.15) is 0 Å². The van der Waals surface area contributed by atoms with E-state index in [9.17, 15) is 14.7 Å². The number of aromatic nitrogens is 2. The molecule has 0 radical (unpaired) electrons. The van der Waals surface area contributed by atoms with Gasteiger partial charge >= 0.3 is 11.9 Å². The maximum atomic E-state index is 11.9. The molecule has 1 aliphatic rings. The Balaban J connectivity index is 1.83. The summed E-state index contributed by atoms with van der Waals surface area (Å²) in [5.41, 5.74) is 4.41. The first-order chi connectivity index (χ1) is 16.3. The van der Waals surface area contributed by atoms with Crippen molar-refractivity contribution in [3.05, 3.63) is 82.9 Å². The quantitative estimate of drug-likeness (QED) is 0.392. The van der Waals surface area contributed by atoms with Gasteiger partial charge in [0.25, 0.3) is 0 Å². The minimum Gasteiger partial charge on any atom is -0.478 e. The molecule has 3 heterocycles. The van der Waals surface area contributed by atoms with Gasteiger partial charge in [-0.05, 0) is 62.0 Å². The zero-order valence-corrected chi connectivity index (χ0v) is 20.0. The smallest absolute Gasteiger partial charge is 0.337 e. The Morgan fingerprint density at radius 1 is 1.18 bits per heavy atom. The van der Waals surface area contributed by atoms with E-state index < -0.39 is 5.97 Å². The minimum atomic E-state index is -0.987. The summed E-state index contributed by atoms with van der Waals surface area (Å²) >= 11 is 5.66. The molecular formula is C25H26N4O4S. The molecule has 34 heavy (non-hydrogen) atoms. The standard InChI is InChI=1S/C25H26N4O4S/c1-15-14-18(16(2)29(15)20-10-5-4-8-17(20)24(31)32)23-22(19-9-6-7-12-26-19)27-25(34)28(23)13-11-21(30)33-3/h4-10,12,14,22-23H,11,13H2,1-3H3,(H,27,34)(H,31,32)/t22-,23-/m0/s1. The molecule has 0 amide bonds. The molecule has 0 spiro atoms. The number of pyridine rings is 1. The van der Waals surface area contributed by atoms with Gasteiger partial charge in [0.1, 0.15) is 0 Å². The predicted octanol–water partition coefficient (Wildman–Crippen LogP) is 3.72. The topological polar surface area (TPSA) is 96.7 Å². The van der Waals surface area contributed by atoms with Crippen molar-refractivity contribution >= 4 is 29.3 Å². The van der Waals surface area contributed by atoms with Gasteiger partial charge in [-0.15, -0.1) is 0 Å². The van der Waals surface area contributed by atoms with Crippen molar-refractivity contribution in [2.75, 3.05) is 13.7 Å². The number of carbonyl (C=O) groups is 2. The predicted molar refractivity (Wildman–Crippen MR) is 131 cm³/mol. The first kappa shape index (κ1) is 23.4. The zero-order chi connectivity index (χ0) is 24.4. The van der Waals surface area contributed by atoms with E-state index in [1.807, 2.05) is 47.6 Å². The summed E-state index contributed by atoms with van der Waals surface area (Å²) in [6.45, 7) is 4.29. The number of carboxylic acid groups (broad SMARTS) is 1. The van der Waals surface area contributed by atoms with Crippen LogP contribution >= 0.6 is 12.2 Å². The second-order valence-electron chi connectivity index (χ2n) is 8.13. The average molecular weight is 479 g/mol. The van der Waals surface area contributed by atoms with E-state index in [0.717, 1.165) is 22.6 Å². The molecule has 2 atom stereocenters. The Bertz CT molecular complexity index is 1240. The summed E-state index contributed by atoms with van der Waals surface area (Å²) in [4.78, 5) is 30.3. The maximum Gasteiger partial charge on any atom is 0.337 e. The molecule has 1 saturated heterocycles. The molecule has 2 N–H and O–H groups in total. The molecule has 0 aliphatic carbocycles. The van der Waals surface area contributed by atoms with Gasteiger partial charge in [-0.3, -0.25) is 9.78 Å². The highest BCUT2D eigenvalue weighted by molar-refractivity contribution is 7.80. The third-order valence-corrected chi connectivity index (χ3v) is 6.50. The summed E-state index contributed by atoms with van der Waals surface area (Å²) in [7, 11) is 1.37. The van der Waals surface area contributed by atoms with Crippen molar-refractivity contribution in [1.29, 1.82) is 0 Å². The molecule has 4 rings (SSSR count). The number of thiocarbonyl (C=S) groups is 1. The first-order valence-corrected chi connectivity index (χ1v) is 11.3. The van der Waals surface area contributed by atoms with Crippen LogP contribution in [-0.4, -0.2) is 50.3 Å². The molecule has 1 aliphatic heterocycles. The number of para-hydroxylation sites is 1. The second kappa shape index (κ2) is 9.64. The Hall–Kier alpha value is -3.72. The monoisotopic (exact) mass is 478 g/mol. The number of nitrogens with zero attached hydrogens (tertiary/aromatic N) is 3. The number of aryl methyl sites for hydroxylation is 1. The molecule has 1 fully saturated rings. The lowest BCUT2D eigenvalue weighted by molar-refractivity contribution is -0.140. The molecule has 9 heteroatoms. The van der Waals surface area contributed by atoms with Gasteiger partial charge in [0, 0.05) is 24.1 Å². The van der Waals surface area contributed by atoms with Crippen LogP contribution < -0.4 is 5.32 Å². The van der Waals surface area contributed by atoms with Crippen molar-refractivity contribution in [2.45, 2.75) is 32.4 Å². The lowest BCUT2D eigenvalue weighted by Crippen LogP contribution is -2.32. The minimum absolute atomic E-state index is 0.185. The number of methoxy groups -OCH3 is 1. The van der Waals surface area contributed by atoms with Gasteiger partial charge in [0.05, 0.1) is 42.6 Å². The van der Waals surface area contributed by atoms with E-state index in [1.165, 1.54) is 7.11 Å². The van der Waals surface area contributed by atoms with Gasteiger partial charge in [-0.1, -0.05) is 18.2 Å². The molecule has 1 aromatic carbocycles. The van der Waals surface area contributed by atoms with Crippen LogP contribution in [0, 0.1) is 13.8 Å². The number of carbonyl (C=O) groups excluding carboxylic acids is 1. The van der Waals surface area contributed by atoms with Crippen LogP contribution in [0.4, 0.5) is 0 Å². The van der Waals surface area contributed by atoms with Crippen LogP contribution in [-0.2, 0) is 9.53 Å². The number of esters is 1. The average Bonchev–Trinajstić information content (AvgIpc) is 3.32. The molecule has 2 aromatic heterocycles. The highest BCUT2D eigenvalue weighted by atomic mass is 32.1. The molecular weight excluding hydrogens is 452 g/mol. The van der Waals surface area contributed by atoms with Gasteiger partial charge in [0.15, 0.2) is 5.11 Å². The molecule has 176 valence electrons. The fourth-order valence-corrected chi connectivity index (χ4v) is 4.94. The summed E-state index contributed by atoms with van der Waals surface area (Å²) < 4.78 is 6.79. The number of aromatic carboxylic acids is 1. The molecule has 0 unspecified atom stereocenters. The maximum absolute atomic E-state index is 11.9. The number of carboxylic acids is 1. The fourth-order valence-electron chi connectivity index (χ4n) is 4.61. The third kappa shape index (κ3) is 4.26. The lowest BCUT2D eigenvalue weighted by atomic mass is 9.96. The molecule has 8 nitrogen and oxygen atoms in total. The van der Waals surface area contributed by atoms with E-state index in [1.54, 1.807) is 24.4 Å². The highest BCUT2D eigenvalue weighted by Gasteiger charge is 2.41. The van der Waals surface area contributed by atoms with Gasteiger partial charge in [0.2, 0.25) is 0 Å². The molecule has 3 aromatic rings. The lowest BCUT2D eigenvalue weighted by Gasteiger charge is -2.28. The second-order valence-corrected chi connectivity index (χ2v) is 8.52. The van der Waals surface area contributed by atoms with E-state index in [4.69, 9.17) is 17.0 Å². The number of benzene rings is 1. The van der Waals surface area contributed by atoms with Crippen LogP contribution in [0.15, 0.2) is 54.7 Å². The summed E-state index contributed by atoms with van der Waals surface area (Å²) in [6, 6.07) is 14.2. The van der Waals surface area contributed by atoms with Crippen molar-refractivity contribution in [2.24, 2.45) is 0 Å². The van der Waals surface area contributed by atoms with Crippen molar-refractivity contribution in [3.63, 3.8) is 0 Å². The highest BCUT2D eigenvalue weighted by Crippen LogP contribution is 2.41. The largest absolute Gasteiger partial charge is 0.478 e. The van der Waals surface area contributed by atoms with E-state index in [-0.39, 0.29) is 30.0 Å². The number of ether oxygens (including phenoxy) is 1. The Morgan fingerprint density at radius 2 is 1.91 bits per heavy atom. The van der Waals surface area contributed by atoms with Crippen molar-refractivity contribution < 1.29 is 19.4 Å². The van der Waals surface area contributed by atoms with E-state index in [0.29, 0.717) is 17.3 Å². The Kier molecular flexibility index (Phi) is 6.65. The summed E-state index contributed by atoms with van der Waals surface area (Å²) in [6.07, 6.45) is 1.92. The van der Waals surface area contributed by atoms with Gasteiger partial charge < -0.3 is 24.6 Å². The van der Waals surface area contributed by atoms with Crippen LogP contribution in [0.25, 0.3) is 5.69 Å². The molecule has 0 saturated carbocycles. The number of hydrogen-bond donors (Lipinski definition) is 2. The number of hydrogen-bond acceptors (Lipinski definition) is 5. The molecule has 0 bridgehead atoms.